The summed E-state index contributed by atoms with van der Waals surface area (Å²) in [5, 5.41) is 11.5. The van der Waals surface area contributed by atoms with Gasteiger partial charge in [0.05, 0.1) is 12.4 Å². The van der Waals surface area contributed by atoms with Gasteiger partial charge in [0.2, 0.25) is 0 Å². The Morgan fingerprint density at radius 1 is 1.53 bits per heavy atom. The van der Waals surface area contributed by atoms with Crippen molar-refractivity contribution in [1.29, 1.82) is 5.26 Å². The van der Waals surface area contributed by atoms with Gasteiger partial charge in [0, 0.05) is 18.3 Å². The van der Waals surface area contributed by atoms with Gasteiger partial charge in [-0.3, -0.25) is 0 Å². The molecule has 17 heavy (non-hydrogen) atoms. The van der Waals surface area contributed by atoms with Gasteiger partial charge in [-0.15, -0.1) is 0 Å². The average Bonchev–Trinajstić information content (AvgIpc) is 2.32. The third-order valence-corrected chi connectivity index (χ3v) is 2.09. The average molecular weight is 234 g/mol. The van der Waals surface area contributed by atoms with E-state index in [0.717, 1.165) is 24.1 Å². The van der Waals surface area contributed by atoms with Crippen molar-refractivity contribution in [3.63, 3.8) is 0 Å². The maximum Gasteiger partial charge on any atom is 0.0830 e. The Morgan fingerprint density at radius 2 is 2.29 bits per heavy atom. The summed E-state index contributed by atoms with van der Waals surface area (Å²) in [6.07, 6.45) is 10.2. The second-order valence-corrected chi connectivity index (χ2v) is 3.55. The zero-order valence-electron chi connectivity index (χ0n) is 10.2. The molecule has 0 aromatic rings. The second kappa shape index (κ2) is 10.7. The number of allylic oxidation sites excluding steroid dienone is 4. The van der Waals surface area contributed by atoms with E-state index in [2.05, 4.69) is 18.0 Å². The molecule has 0 aliphatic carbocycles. The van der Waals surface area contributed by atoms with Crippen LogP contribution in [0.25, 0.3) is 0 Å². The van der Waals surface area contributed by atoms with Crippen molar-refractivity contribution in [3.05, 3.63) is 48.6 Å². The fraction of sp³-hybridized carbons (Fsp3) is 0.357. The van der Waals surface area contributed by atoms with Gasteiger partial charge in [0.1, 0.15) is 0 Å². The van der Waals surface area contributed by atoms with E-state index in [1.165, 1.54) is 6.08 Å². The quantitative estimate of drug-likeness (QED) is 0.506. The molecule has 0 aromatic carbocycles. The number of rotatable bonds is 8. The highest BCUT2D eigenvalue weighted by Crippen LogP contribution is 2.11. The molecular formula is C14H19FN2. The number of nitrogens with one attached hydrogen (secondary N) is 1. The molecule has 0 radical (unpaired) electrons. The Kier molecular flexibility index (Phi) is 9.55. The second-order valence-electron chi connectivity index (χ2n) is 3.55. The first-order chi connectivity index (χ1) is 8.24. The number of unbranched alkanes of at least 4 members (excludes halogenated alkanes) is 1. The van der Waals surface area contributed by atoms with Crippen LogP contribution in [0.15, 0.2) is 48.6 Å². The Balaban J connectivity index is 4.29. The number of hydrogen-bond acceptors (Lipinski definition) is 2. The number of hydrogen-bond donors (Lipinski definition) is 1. The summed E-state index contributed by atoms with van der Waals surface area (Å²) in [7, 11) is 0. The van der Waals surface area contributed by atoms with Crippen LogP contribution in [0.5, 0.6) is 0 Å². The Labute approximate surface area is 103 Å². The fourth-order valence-corrected chi connectivity index (χ4v) is 1.27. The molecule has 0 amide bonds. The summed E-state index contributed by atoms with van der Waals surface area (Å²) in [6, 6.07) is 2.10. The standard InChI is InChI=1S/C14H19FN2/c1-3-7-13(2)17-12-14(9-6-10-15)8-4-5-11-16/h3,6-7,10,12,17H,2,4-5,8-9H2,1H3/b7-3-,10-6+,14-12-. The SMILES string of the molecule is C=C(/C=C\C)N/C=C(\C/C=C/F)CCCC#N. The van der Waals surface area contributed by atoms with Crippen LogP contribution < -0.4 is 5.32 Å². The first-order valence-corrected chi connectivity index (χ1v) is 5.62. The Bertz CT molecular complexity index is 346. The minimum atomic E-state index is 0.520. The highest BCUT2D eigenvalue weighted by molar-refractivity contribution is 5.17. The van der Waals surface area contributed by atoms with E-state index in [0.29, 0.717) is 19.2 Å². The smallest absolute Gasteiger partial charge is 0.0830 e. The van der Waals surface area contributed by atoms with Crippen LogP contribution in [0, 0.1) is 11.3 Å². The predicted molar refractivity (Wildman–Crippen MR) is 69.5 cm³/mol. The van der Waals surface area contributed by atoms with Gasteiger partial charge in [-0.25, -0.2) is 4.39 Å². The van der Waals surface area contributed by atoms with Gasteiger partial charge in [-0.1, -0.05) is 24.3 Å². The molecule has 0 heterocycles. The summed E-state index contributed by atoms with van der Waals surface area (Å²) >= 11 is 0. The van der Waals surface area contributed by atoms with Gasteiger partial charge < -0.3 is 5.32 Å². The maximum atomic E-state index is 12.0. The Morgan fingerprint density at radius 3 is 2.88 bits per heavy atom. The van der Waals surface area contributed by atoms with Crippen molar-refractivity contribution in [2.75, 3.05) is 0 Å². The molecule has 0 bridgehead atoms. The molecule has 92 valence electrons. The molecule has 0 aliphatic heterocycles. The van der Waals surface area contributed by atoms with Gasteiger partial charge in [0.15, 0.2) is 0 Å². The molecule has 0 rings (SSSR count). The summed E-state index contributed by atoms with van der Waals surface area (Å²) in [5.41, 5.74) is 1.84. The lowest BCUT2D eigenvalue weighted by molar-refractivity contribution is 0.713. The van der Waals surface area contributed by atoms with Gasteiger partial charge in [-0.05, 0) is 32.3 Å². The molecule has 0 saturated heterocycles. The zero-order valence-corrected chi connectivity index (χ0v) is 10.2. The van der Waals surface area contributed by atoms with E-state index in [1.54, 1.807) is 0 Å². The highest BCUT2D eigenvalue weighted by Gasteiger charge is 1.96. The summed E-state index contributed by atoms with van der Waals surface area (Å²) in [6.45, 7) is 5.72. The van der Waals surface area contributed by atoms with E-state index in [1.807, 2.05) is 25.3 Å². The lowest BCUT2D eigenvalue weighted by Crippen LogP contribution is -2.02. The van der Waals surface area contributed by atoms with E-state index < -0.39 is 0 Å². The van der Waals surface area contributed by atoms with Crippen molar-refractivity contribution < 1.29 is 4.39 Å². The van der Waals surface area contributed by atoms with Crippen molar-refractivity contribution in [1.82, 2.24) is 5.32 Å². The van der Waals surface area contributed by atoms with Crippen LogP contribution in [0.1, 0.15) is 32.6 Å². The third kappa shape index (κ3) is 9.13. The van der Waals surface area contributed by atoms with Crippen molar-refractivity contribution in [2.45, 2.75) is 32.6 Å². The molecule has 0 aliphatic rings. The number of nitrogens with zero attached hydrogens (tertiary/aromatic N) is 1. The Hall–Kier alpha value is -1.82. The van der Waals surface area contributed by atoms with Crippen LogP contribution in [0.3, 0.4) is 0 Å². The minimum absolute atomic E-state index is 0.520. The van der Waals surface area contributed by atoms with Crippen LogP contribution in [0.4, 0.5) is 4.39 Å². The predicted octanol–water partition coefficient (Wildman–Crippen LogP) is 4.12. The normalized spacial score (nSPS) is 11.9. The molecular weight excluding hydrogens is 215 g/mol. The molecule has 0 atom stereocenters. The molecule has 0 fully saturated rings. The van der Waals surface area contributed by atoms with Gasteiger partial charge in [0.25, 0.3) is 0 Å². The number of halogens is 1. The molecule has 3 heteroatoms. The van der Waals surface area contributed by atoms with Gasteiger partial charge >= 0.3 is 0 Å². The molecule has 0 aromatic heterocycles. The lowest BCUT2D eigenvalue weighted by Gasteiger charge is -2.05. The summed E-state index contributed by atoms with van der Waals surface area (Å²) in [5.74, 6) is 0. The minimum Gasteiger partial charge on any atom is -0.362 e. The number of nitriles is 1. The zero-order chi connectivity index (χ0) is 12.9. The maximum absolute atomic E-state index is 12.0. The molecule has 1 N–H and O–H groups in total. The van der Waals surface area contributed by atoms with Gasteiger partial charge in [-0.2, -0.15) is 5.26 Å². The monoisotopic (exact) mass is 234 g/mol. The van der Waals surface area contributed by atoms with Crippen molar-refractivity contribution >= 4 is 0 Å². The topological polar surface area (TPSA) is 35.8 Å². The molecule has 0 saturated carbocycles. The van der Waals surface area contributed by atoms with Crippen LogP contribution in [-0.4, -0.2) is 0 Å². The fourth-order valence-electron chi connectivity index (χ4n) is 1.27. The highest BCUT2D eigenvalue weighted by atomic mass is 19.1. The van der Waals surface area contributed by atoms with Crippen molar-refractivity contribution in [2.24, 2.45) is 0 Å². The van der Waals surface area contributed by atoms with E-state index in [-0.39, 0.29) is 0 Å². The van der Waals surface area contributed by atoms with Crippen LogP contribution in [0.2, 0.25) is 0 Å². The lowest BCUT2D eigenvalue weighted by atomic mass is 10.1. The summed E-state index contributed by atoms with van der Waals surface area (Å²) < 4.78 is 12.0. The van der Waals surface area contributed by atoms with E-state index in [9.17, 15) is 4.39 Å². The largest absolute Gasteiger partial charge is 0.362 e. The first-order valence-electron chi connectivity index (χ1n) is 5.62. The first kappa shape index (κ1) is 15.2. The molecule has 0 unspecified atom stereocenters. The van der Waals surface area contributed by atoms with E-state index >= 15 is 0 Å². The van der Waals surface area contributed by atoms with Crippen molar-refractivity contribution in [3.8, 4) is 6.07 Å². The van der Waals surface area contributed by atoms with E-state index in [4.69, 9.17) is 5.26 Å². The summed E-state index contributed by atoms with van der Waals surface area (Å²) in [4.78, 5) is 0. The molecule has 2 nitrogen and oxygen atoms in total. The third-order valence-electron chi connectivity index (χ3n) is 2.09. The molecule has 0 spiro atoms. The van der Waals surface area contributed by atoms with Crippen LogP contribution in [-0.2, 0) is 0 Å². The van der Waals surface area contributed by atoms with Crippen LogP contribution >= 0.6 is 0 Å².